The molecule has 2 amide bonds. The van der Waals surface area contributed by atoms with E-state index in [2.05, 4.69) is 5.32 Å². The number of carbonyl (C=O) groups is 3. The van der Waals surface area contributed by atoms with E-state index in [1.54, 1.807) is 36.4 Å². The summed E-state index contributed by atoms with van der Waals surface area (Å²) in [4.78, 5) is 41.6. The van der Waals surface area contributed by atoms with Gasteiger partial charge in [0.2, 0.25) is 0 Å². The van der Waals surface area contributed by atoms with Gasteiger partial charge in [0.25, 0.3) is 17.6 Å². The summed E-state index contributed by atoms with van der Waals surface area (Å²) in [7, 11) is 0. The maximum absolute atomic E-state index is 16.3. The largest absolute Gasteiger partial charge is 0.490 e. The van der Waals surface area contributed by atoms with E-state index in [1.807, 2.05) is 12.1 Å². The number of halogens is 3. The number of rotatable bonds is 9. The fraction of sp³-hybridized carbons (Fsp3) is 0.343. The van der Waals surface area contributed by atoms with Gasteiger partial charge < -0.3 is 20.7 Å². The van der Waals surface area contributed by atoms with Crippen LogP contribution in [0.5, 0.6) is 5.75 Å². The van der Waals surface area contributed by atoms with Crippen LogP contribution in [0.1, 0.15) is 53.8 Å². The normalized spacial score (nSPS) is 16.8. The van der Waals surface area contributed by atoms with Crippen molar-refractivity contribution in [3.63, 3.8) is 0 Å². The Morgan fingerprint density at radius 2 is 1.54 bits per heavy atom. The van der Waals surface area contributed by atoms with E-state index in [0.717, 1.165) is 52.7 Å². The van der Waals surface area contributed by atoms with Crippen LogP contribution in [0, 0.1) is 0 Å². The van der Waals surface area contributed by atoms with Crippen molar-refractivity contribution >= 4 is 50.6 Å². The van der Waals surface area contributed by atoms with Crippen molar-refractivity contribution in [1.82, 2.24) is 10.2 Å². The Hall–Kier alpha value is -3.86. The molecule has 3 aromatic carbocycles. The number of likely N-dealkylation sites (tertiary alicyclic amines) is 1. The van der Waals surface area contributed by atoms with Gasteiger partial charge in [-0.05, 0) is 91.4 Å². The fourth-order valence-electron chi connectivity index (χ4n) is 6.01. The van der Waals surface area contributed by atoms with Crippen molar-refractivity contribution in [3.8, 4) is 16.9 Å². The second-order valence-electron chi connectivity index (χ2n) is 11.9. The van der Waals surface area contributed by atoms with E-state index in [4.69, 9.17) is 22.1 Å². The number of nitrogens with two attached hydrogens (primary N) is 1. The van der Waals surface area contributed by atoms with Crippen LogP contribution in [-0.4, -0.2) is 53.8 Å². The highest BCUT2D eigenvalue weighted by Gasteiger charge is 2.49. The zero-order chi connectivity index (χ0) is 32.4. The average Bonchev–Trinajstić information content (AvgIpc) is 3.73. The quantitative estimate of drug-likeness (QED) is 0.149. The molecule has 1 atom stereocenters. The lowest BCUT2D eigenvalue weighted by atomic mass is 9.95. The molecule has 2 fully saturated rings. The van der Waals surface area contributed by atoms with Gasteiger partial charge in [0, 0.05) is 34.4 Å². The van der Waals surface area contributed by atoms with E-state index in [-0.39, 0.29) is 30.1 Å². The van der Waals surface area contributed by atoms with Gasteiger partial charge in [0.05, 0.1) is 11.0 Å². The number of amides is 2. The highest BCUT2D eigenvalue weighted by Crippen LogP contribution is 2.36. The number of hydrogen-bond acceptors (Lipinski definition) is 6. The zero-order valence-corrected chi connectivity index (χ0v) is 26.6. The molecule has 6 rings (SSSR count). The third-order valence-electron chi connectivity index (χ3n) is 8.71. The van der Waals surface area contributed by atoms with Crippen molar-refractivity contribution < 1.29 is 27.9 Å². The van der Waals surface area contributed by atoms with Crippen molar-refractivity contribution in [3.05, 3.63) is 88.3 Å². The fourth-order valence-corrected chi connectivity index (χ4v) is 7.16. The van der Waals surface area contributed by atoms with E-state index < -0.39 is 35.1 Å². The lowest BCUT2D eigenvalue weighted by Crippen LogP contribution is -2.58. The predicted molar refractivity (Wildman–Crippen MR) is 176 cm³/mol. The molecular weight excluding hydrogens is 632 g/mol. The van der Waals surface area contributed by atoms with Gasteiger partial charge in [-0.2, -0.15) is 8.78 Å². The number of nitrogens with one attached hydrogen (secondary N) is 1. The number of alkyl halides is 2. The molecule has 3 N–H and O–H groups in total. The van der Waals surface area contributed by atoms with Crippen LogP contribution in [0.2, 0.25) is 5.02 Å². The minimum Gasteiger partial charge on any atom is -0.490 e. The van der Waals surface area contributed by atoms with Crippen molar-refractivity contribution in [2.24, 2.45) is 5.73 Å². The van der Waals surface area contributed by atoms with E-state index in [1.165, 1.54) is 29.2 Å². The number of hydrogen-bond donors (Lipinski definition) is 2. The molecule has 11 heteroatoms. The zero-order valence-electron chi connectivity index (χ0n) is 25.0. The smallest absolute Gasteiger partial charge is 0.302 e. The molecule has 1 saturated heterocycles. The third-order valence-corrected chi connectivity index (χ3v) is 10.1. The molecular formula is C35H34ClF2N3O4S. The number of piperidine rings is 1. The summed E-state index contributed by atoms with van der Waals surface area (Å²) in [6, 6.07) is 17.0. The molecule has 1 aliphatic carbocycles. The number of benzene rings is 3. The van der Waals surface area contributed by atoms with Gasteiger partial charge in [-0.1, -0.05) is 48.0 Å². The highest BCUT2D eigenvalue weighted by atomic mass is 35.5. The van der Waals surface area contributed by atoms with Crippen LogP contribution in [0.15, 0.2) is 72.8 Å². The average molecular weight is 666 g/mol. The Balaban J connectivity index is 1.24. The first-order valence-corrected chi connectivity index (χ1v) is 16.6. The summed E-state index contributed by atoms with van der Waals surface area (Å²) in [6.07, 6.45) is 5.29. The third kappa shape index (κ3) is 6.94. The van der Waals surface area contributed by atoms with Crippen LogP contribution >= 0.6 is 22.9 Å². The summed E-state index contributed by atoms with van der Waals surface area (Å²) in [5.74, 6) is -6.40. The molecule has 2 heterocycles. The maximum atomic E-state index is 16.3. The number of ketones is 1. The Bertz CT molecular complexity index is 1730. The Labute approximate surface area is 274 Å². The molecule has 1 saturated carbocycles. The van der Waals surface area contributed by atoms with Gasteiger partial charge in [-0.3, -0.25) is 14.4 Å². The second-order valence-corrected chi connectivity index (χ2v) is 13.5. The summed E-state index contributed by atoms with van der Waals surface area (Å²) in [6.45, 7) is 0.348. The Morgan fingerprint density at radius 1 is 0.913 bits per heavy atom. The second kappa shape index (κ2) is 13.5. The molecule has 0 unspecified atom stereocenters. The standard InChI is InChI=1S/C35H34ClF2N3O4S/c36-25-12-7-22(8-13-25)21-5-10-24(11-6-21)35(37,38)32(34(44)41-17-15-26(39)16-18-41)40-33(43)31(42)30-19-23-9-14-28(20-29(23)46-30)45-27-3-1-2-4-27/h5-14,19-20,26-27,32H,1-4,15-18,39H2,(H,40,43)/t32-/m0/s1. The van der Waals surface area contributed by atoms with Gasteiger partial charge in [-0.15, -0.1) is 11.3 Å². The maximum Gasteiger partial charge on any atom is 0.302 e. The van der Waals surface area contributed by atoms with Gasteiger partial charge in [-0.25, -0.2) is 0 Å². The van der Waals surface area contributed by atoms with Gasteiger partial charge in [0.15, 0.2) is 6.04 Å². The molecule has 46 heavy (non-hydrogen) atoms. The predicted octanol–water partition coefficient (Wildman–Crippen LogP) is 6.95. The number of fused-ring (bicyclic) bond motifs is 1. The molecule has 240 valence electrons. The summed E-state index contributed by atoms with van der Waals surface area (Å²) in [5, 5.41) is 3.40. The summed E-state index contributed by atoms with van der Waals surface area (Å²) < 4.78 is 39.3. The van der Waals surface area contributed by atoms with Crippen LogP contribution in [0.25, 0.3) is 21.2 Å². The lowest BCUT2D eigenvalue weighted by molar-refractivity contribution is -0.149. The first kappa shape index (κ1) is 32.1. The molecule has 7 nitrogen and oxygen atoms in total. The van der Waals surface area contributed by atoms with Crippen LogP contribution in [0.3, 0.4) is 0 Å². The minimum absolute atomic E-state index is 0.0799. The first-order valence-electron chi connectivity index (χ1n) is 15.4. The molecule has 4 aromatic rings. The number of Topliss-reactive ketones (excluding diaryl/α,β-unsaturated/α-hetero) is 1. The number of nitrogens with zero attached hydrogens (tertiary/aromatic N) is 1. The van der Waals surface area contributed by atoms with Crippen LogP contribution in [-0.2, 0) is 15.5 Å². The monoisotopic (exact) mass is 665 g/mol. The molecule has 1 aromatic heterocycles. The van der Waals surface area contributed by atoms with E-state index in [0.29, 0.717) is 29.2 Å². The van der Waals surface area contributed by atoms with Crippen LogP contribution < -0.4 is 15.8 Å². The van der Waals surface area contributed by atoms with Crippen LogP contribution in [0.4, 0.5) is 8.78 Å². The minimum atomic E-state index is -3.84. The molecule has 0 spiro atoms. The number of carbonyl (C=O) groups excluding carboxylic acids is 3. The Morgan fingerprint density at radius 3 is 2.20 bits per heavy atom. The van der Waals surface area contributed by atoms with E-state index >= 15 is 8.78 Å². The molecule has 0 radical (unpaired) electrons. The van der Waals surface area contributed by atoms with Crippen molar-refractivity contribution in [2.45, 2.75) is 62.6 Å². The molecule has 0 bridgehead atoms. The lowest BCUT2D eigenvalue weighted by Gasteiger charge is -2.35. The van der Waals surface area contributed by atoms with Crippen molar-refractivity contribution in [1.29, 1.82) is 0 Å². The first-order chi connectivity index (χ1) is 22.1. The number of ether oxygens (including phenoxy) is 1. The molecule has 1 aliphatic heterocycles. The SMILES string of the molecule is NC1CCN(C(=O)[C@H](NC(=O)C(=O)c2cc3ccc(OC4CCCC4)cc3s2)C(F)(F)c2ccc(-c3ccc(Cl)cc3)cc2)CC1. The summed E-state index contributed by atoms with van der Waals surface area (Å²) >= 11 is 7.05. The van der Waals surface area contributed by atoms with Gasteiger partial charge in [0.1, 0.15) is 5.75 Å². The summed E-state index contributed by atoms with van der Waals surface area (Å²) in [5.41, 5.74) is 6.95. The topological polar surface area (TPSA) is 102 Å². The van der Waals surface area contributed by atoms with E-state index in [9.17, 15) is 14.4 Å². The number of thiophene rings is 1. The van der Waals surface area contributed by atoms with Gasteiger partial charge >= 0.3 is 5.92 Å². The van der Waals surface area contributed by atoms with Crippen molar-refractivity contribution in [2.75, 3.05) is 13.1 Å². The molecule has 2 aliphatic rings. The Kier molecular flexibility index (Phi) is 9.40. The highest BCUT2D eigenvalue weighted by molar-refractivity contribution is 7.21.